The second-order valence-corrected chi connectivity index (χ2v) is 8.74. The molecule has 182 valence electrons. The number of alkyl halides is 3. The highest BCUT2D eigenvalue weighted by atomic mass is 19.4. The smallest absolute Gasteiger partial charge is 0.431 e. The molecule has 0 bridgehead atoms. The molecule has 1 aliphatic rings. The third-order valence-corrected chi connectivity index (χ3v) is 4.83. The Morgan fingerprint density at radius 3 is 2.38 bits per heavy atom. The van der Waals surface area contributed by atoms with Crippen LogP contribution in [0, 0.1) is 0 Å². The Bertz CT molecular complexity index is 1140. The van der Waals surface area contributed by atoms with E-state index in [4.69, 9.17) is 4.74 Å². The molecule has 0 atom stereocenters. The van der Waals surface area contributed by atoms with Gasteiger partial charge in [-0.1, -0.05) is 0 Å². The molecule has 0 aliphatic heterocycles. The van der Waals surface area contributed by atoms with Crippen LogP contribution >= 0.6 is 0 Å². The van der Waals surface area contributed by atoms with Crippen molar-refractivity contribution in [1.29, 1.82) is 0 Å². The number of hydrogen-bond acceptors (Lipinski definition) is 6. The molecular formula is C22H24F3N5O4. The van der Waals surface area contributed by atoms with E-state index in [0.717, 1.165) is 18.9 Å². The molecular weight excluding hydrogens is 455 g/mol. The van der Waals surface area contributed by atoms with Crippen molar-refractivity contribution in [3.63, 3.8) is 0 Å². The maximum Gasteiger partial charge on any atom is 0.431 e. The number of imidazole rings is 1. The van der Waals surface area contributed by atoms with Crippen LogP contribution in [0.4, 0.5) is 23.8 Å². The number of nitrogens with zero attached hydrogens (tertiary/aromatic N) is 3. The summed E-state index contributed by atoms with van der Waals surface area (Å²) in [5.41, 5.74) is -1.29. The van der Waals surface area contributed by atoms with E-state index in [2.05, 4.69) is 15.3 Å². The third kappa shape index (κ3) is 5.80. The highest BCUT2D eigenvalue weighted by molar-refractivity contribution is 5.88. The molecule has 2 amide bonds. The van der Waals surface area contributed by atoms with Crippen LogP contribution in [0.5, 0.6) is 0 Å². The van der Waals surface area contributed by atoms with Crippen LogP contribution in [-0.2, 0) is 16.6 Å². The normalized spacial score (nSPS) is 14.5. The SMILES string of the molecule is Cn1c(-c2nc(NC(=O)OC(C)(C)C)ccc2C=O)nc(/C=C(\NC=O)C(F)(F)F)c1C1CC1. The zero-order chi connectivity index (χ0) is 25.3. The zero-order valence-corrected chi connectivity index (χ0v) is 19.0. The summed E-state index contributed by atoms with van der Waals surface area (Å²) < 4.78 is 46.8. The summed E-state index contributed by atoms with van der Waals surface area (Å²) >= 11 is 0. The van der Waals surface area contributed by atoms with Gasteiger partial charge in [-0.3, -0.25) is 14.9 Å². The predicted molar refractivity (Wildman–Crippen MR) is 117 cm³/mol. The molecule has 0 unspecified atom stereocenters. The van der Waals surface area contributed by atoms with Gasteiger partial charge in [-0.2, -0.15) is 13.2 Å². The number of hydrogen-bond donors (Lipinski definition) is 2. The highest BCUT2D eigenvalue weighted by Crippen LogP contribution is 2.44. The van der Waals surface area contributed by atoms with E-state index in [1.54, 1.807) is 37.7 Å². The monoisotopic (exact) mass is 479 g/mol. The Balaban J connectivity index is 2.09. The van der Waals surface area contributed by atoms with Gasteiger partial charge in [-0.25, -0.2) is 14.8 Å². The maximum absolute atomic E-state index is 13.3. The Morgan fingerprint density at radius 1 is 1.18 bits per heavy atom. The molecule has 2 heterocycles. The number of pyridine rings is 1. The first-order valence-corrected chi connectivity index (χ1v) is 10.4. The van der Waals surface area contributed by atoms with Crippen molar-refractivity contribution in [3.05, 3.63) is 34.8 Å². The fourth-order valence-corrected chi connectivity index (χ4v) is 3.32. The van der Waals surface area contributed by atoms with E-state index in [9.17, 15) is 27.6 Å². The number of allylic oxidation sites excluding steroid dienone is 1. The van der Waals surface area contributed by atoms with Crippen LogP contribution in [0.3, 0.4) is 0 Å². The van der Waals surface area contributed by atoms with Crippen molar-refractivity contribution in [1.82, 2.24) is 19.9 Å². The highest BCUT2D eigenvalue weighted by Gasteiger charge is 2.36. The fourth-order valence-electron chi connectivity index (χ4n) is 3.32. The van der Waals surface area contributed by atoms with Crippen molar-refractivity contribution >= 4 is 30.7 Å². The second-order valence-electron chi connectivity index (χ2n) is 8.74. The second kappa shape index (κ2) is 9.27. The van der Waals surface area contributed by atoms with Gasteiger partial charge in [0.2, 0.25) is 6.41 Å². The molecule has 12 heteroatoms. The van der Waals surface area contributed by atoms with Gasteiger partial charge in [0.1, 0.15) is 22.8 Å². The van der Waals surface area contributed by atoms with Gasteiger partial charge < -0.3 is 14.6 Å². The van der Waals surface area contributed by atoms with Crippen molar-refractivity contribution < 1.29 is 32.3 Å². The van der Waals surface area contributed by atoms with E-state index >= 15 is 0 Å². The number of carbonyl (C=O) groups is 3. The van der Waals surface area contributed by atoms with Crippen LogP contribution in [0.25, 0.3) is 17.6 Å². The minimum Gasteiger partial charge on any atom is -0.444 e. The van der Waals surface area contributed by atoms with E-state index < -0.39 is 23.6 Å². The summed E-state index contributed by atoms with van der Waals surface area (Å²) in [6, 6.07) is 2.82. The number of anilines is 1. The Kier molecular flexibility index (Phi) is 6.80. The molecule has 2 aromatic rings. The minimum atomic E-state index is -4.80. The van der Waals surface area contributed by atoms with Crippen molar-refractivity contribution in [2.75, 3.05) is 5.32 Å². The van der Waals surface area contributed by atoms with E-state index in [0.29, 0.717) is 12.0 Å². The molecule has 0 radical (unpaired) electrons. The van der Waals surface area contributed by atoms with Gasteiger partial charge in [-0.15, -0.1) is 0 Å². The van der Waals surface area contributed by atoms with Gasteiger partial charge in [0, 0.05) is 24.2 Å². The van der Waals surface area contributed by atoms with E-state index in [1.807, 2.05) is 0 Å². The average molecular weight is 479 g/mol. The molecule has 0 spiro atoms. The number of aldehydes is 1. The Hall–Kier alpha value is -3.70. The van der Waals surface area contributed by atoms with Gasteiger partial charge in [0.25, 0.3) is 0 Å². The topological polar surface area (TPSA) is 115 Å². The van der Waals surface area contributed by atoms with Gasteiger partial charge in [-0.05, 0) is 51.8 Å². The number of nitrogens with one attached hydrogen (secondary N) is 2. The molecule has 0 saturated heterocycles. The minimum absolute atomic E-state index is 0.00540. The number of halogens is 3. The number of aromatic nitrogens is 3. The lowest BCUT2D eigenvalue weighted by Crippen LogP contribution is -2.27. The van der Waals surface area contributed by atoms with Crippen LogP contribution in [-0.4, -0.2) is 45.1 Å². The summed E-state index contributed by atoms with van der Waals surface area (Å²) in [7, 11) is 1.61. The van der Waals surface area contributed by atoms with Crippen LogP contribution in [0.2, 0.25) is 0 Å². The average Bonchev–Trinajstić information content (AvgIpc) is 3.49. The first-order chi connectivity index (χ1) is 15.8. The predicted octanol–water partition coefficient (Wildman–Crippen LogP) is 4.17. The Morgan fingerprint density at radius 2 is 1.85 bits per heavy atom. The van der Waals surface area contributed by atoms with Crippen molar-refractivity contribution in [2.24, 2.45) is 7.05 Å². The quantitative estimate of drug-likeness (QED) is 0.576. The van der Waals surface area contributed by atoms with Crippen molar-refractivity contribution in [2.45, 2.75) is 51.3 Å². The molecule has 3 rings (SSSR count). The number of rotatable bonds is 7. The molecule has 1 saturated carbocycles. The van der Waals surface area contributed by atoms with Crippen LogP contribution in [0.15, 0.2) is 17.8 Å². The number of amides is 2. The summed E-state index contributed by atoms with van der Waals surface area (Å²) in [5.74, 6) is 0.184. The molecule has 1 fully saturated rings. The van der Waals surface area contributed by atoms with Gasteiger partial charge >= 0.3 is 12.3 Å². The first kappa shape index (κ1) is 24.9. The van der Waals surface area contributed by atoms with Gasteiger partial charge in [0.05, 0.1) is 5.69 Å². The third-order valence-electron chi connectivity index (χ3n) is 4.83. The summed E-state index contributed by atoms with van der Waals surface area (Å²) in [6.07, 6.45) is -2.81. The fraction of sp³-hybridized carbons (Fsp3) is 0.409. The van der Waals surface area contributed by atoms with E-state index in [1.165, 1.54) is 12.1 Å². The summed E-state index contributed by atoms with van der Waals surface area (Å²) in [5, 5.41) is 4.14. The summed E-state index contributed by atoms with van der Waals surface area (Å²) in [4.78, 5) is 43.1. The lowest BCUT2D eigenvalue weighted by atomic mass is 10.2. The zero-order valence-electron chi connectivity index (χ0n) is 19.0. The number of ether oxygens (including phenoxy) is 1. The molecule has 9 nitrogen and oxygen atoms in total. The first-order valence-electron chi connectivity index (χ1n) is 10.4. The molecule has 0 aromatic carbocycles. The van der Waals surface area contributed by atoms with Crippen LogP contribution < -0.4 is 10.6 Å². The summed E-state index contributed by atoms with van der Waals surface area (Å²) in [6.45, 7) is 5.08. The Labute approximate surface area is 193 Å². The lowest BCUT2D eigenvalue weighted by Gasteiger charge is -2.19. The van der Waals surface area contributed by atoms with Crippen LogP contribution in [0.1, 0.15) is 61.3 Å². The largest absolute Gasteiger partial charge is 0.444 e. The van der Waals surface area contributed by atoms with Gasteiger partial charge in [0.15, 0.2) is 12.1 Å². The molecule has 2 aromatic heterocycles. The standard InChI is InChI=1S/C22H24F3N5O4/c1-21(2,3)34-20(33)29-16-8-7-13(10-31)17(28-16)19-27-14(18(30(19)4)12-5-6-12)9-15(26-11-32)22(23,24)25/h7-12H,5-6H2,1-4H3,(H,26,32)(H,28,29,33)/b15-9-. The van der Waals surface area contributed by atoms with Crippen molar-refractivity contribution in [3.8, 4) is 11.5 Å². The molecule has 34 heavy (non-hydrogen) atoms. The lowest BCUT2D eigenvalue weighted by molar-refractivity contribution is -0.116. The van der Waals surface area contributed by atoms with E-state index in [-0.39, 0.29) is 40.9 Å². The molecule has 2 N–H and O–H groups in total. The number of carbonyl (C=O) groups excluding carboxylic acids is 3. The maximum atomic E-state index is 13.3. The molecule has 1 aliphatic carbocycles.